The first-order valence-corrected chi connectivity index (χ1v) is 5.51. The van der Waals surface area contributed by atoms with Crippen molar-refractivity contribution < 1.29 is 18.0 Å². The molecule has 0 atom stereocenters. The van der Waals surface area contributed by atoms with E-state index in [1.54, 1.807) is 19.1 Å². The van der Waals surface area contributed by atoms with Gasteiger partial charge in [0.25, 0.3) is 0 Å². The van der Waals surface area contributed by atoms with Gasteiger partial charge in [0.15, 0.2) is 6.29 Å². The number of hydrogen-bond donors (Lipinski definition) is 0. The van der Waals surface area contributed by atoms with E-state index in [1.165, 1.54) is 18.3 Å². The molecular weight excluding hydrogens is 255 g/mol. The Morgan fingerprint density at radius 2 is 1.79 bits per heavy atom. The van der Waals surface area contributed by atoms with Crippen molar-refractivity contribution in [3.05, 3.63) is 53.3 Å². The summed E-state index contributed by atoms with van der Waals surface area (Å²) >= 11 is 0. The highest BCUT2D eigenvalue weighted by atomic mass is 19.4. The third kappa shape index (κ3) is 2.81. The first-order valence-electron chi connectivity index (χ1n) is 5.51. The smallest absolute Gasteiger partial charge is 0.298 e. The number of nitrogens with zero attached hydrogens (tertiary/aromatic N) is 1. The van der Waals surface area contributed by atoms with Crippen molar-refractivity contribution in [2.75, 3.05) is 0 Å². The molecule has 0 aliphatic carbocycles. The van der Waals surface area contributed by atoms with Gasteiger partial charge in [-0.3, -0.25) is 9.78 Å². The summed E-state index contributed by atoms with van der Waals surface area (Å²) in [5, 5.41) is 0. The maximum Gasteiger partial charge on any atom is 0.417 e. The van der Waals surface area contributed by atoms with Gasteiger partial charge in [-0.25, -0.2) is 0 Å². The summed E-state index contributed by atoms with van der Waals surface area (Å²) in [5.41, 5.74) is 0.473. The lowest BCUT2D eigenvalue weighted by atomic mass is 9.99. The second-order valence-corrected chi connectivity index (χ2v) is 4.10. The summed E-state index contributed by atoms with van der Waals surface area (Å²) in [6.07, 6.45) is -2.80. The lowest BCUT2D eigenvalue weighted by Gasteiger charge is -2.11. The molecular formula is C14H10F3NO. The van der Waals surface area contributed by atoms with Gasteiger partial charge < -0.3 is 0 Å². The lowest BCUT2D eigenvalue weighted by Crippen LogP contribution is -2.09. The van der Waals surface area contributed by atoms with Gasteiger partial charge in [0.2, 0.25) is 0 Å². The molecule has 5 heteroatoms. The average Bonchev–Trinajstić information content (AvgIpc) is 2.37. The number of halogens is 3. The zero-order chi connectivity index (χ0) is 14.0. The van der Waals surface area contributed by atoms with E-state index >= 15 is 0 Å². The molecule has 0 bridgehead atoms. The van der Waals surface area contributed by atoms with Crippen molar-refractivity contribution in [3.8, 4) is 11.1 Å². The van der Waals surface area contributed by atoms with Crippen LogP contribution in [0.2, 0.25) is 0 Å². The van der Waals surface area contributed by atoms with Gasteiger partial charge >= 0.3 is 6.18 Å². The second-order valence-electron chi connectivity index (χ2n) is 4.10. The van der Waals surface area contributed by atoms with Crippen molar-refractivity contribution in [3.63, 3.8) is 0 Å². The molecule has 2 rings (SSSR count). The number of carbonyl (C=O) groups excluding carboxylic acids is 1. The summed E-state index contributed by atoms with van der Waals surface area (Å²) in [6, 6.07) is 6.98. The number of rotatable bonds is 2. The van der Waals surface area contributed by atoms with Gasteiger partial charge in [-0.2, -0.15) is 13.2 Å². The second kappa shape index (κ2) is 4.84. The molecule has 0 aliphatic heterocycles. The molecule has 2 aromatic rings. The molecule has 0 saturated carbocycles. The van der Waals surface area contributed by atoms with Gasteiger partial charge in [0.1, 0.15) is 0 Å². The van der Waals surface area contributed by atoms with Crippen molar-refractivity contribution in [1.29, 1.82) is 0 Å². The number of aromatic nitrogens is 1. The van der Waals surface area contributed by atoms with E-state index in [1.807, 2.05) is 0 Å². The Morgan fingerprint density at radius 3 is 2.37 bits per heavy atom. The highest BCUT2D eigenvalue weighted by molar-refractivity contribution is 5.80. The van der Waals surface area contributed by atoms with Gasteiger partial charge in [0, 0.05) is 17.5 Å². The number of benzene rings is 1. The molecule has 0 fully saturated rings. The van der Waals surface area contributed by atoms with Gasteiger partial charge in [-0.1, -0.05) is 12.1 Å². The van der Waals surface area contributed by atoms with E-state index in [4.69, 9.17) is 0 Å². The van der Waals surface area contributed by atoms with Gasteiger partial charge in [-0.15, -0.1) is 0 Å². The van der Waals surface area contributed by atoms with Crippen LogP contribution in [0.25, 0.3) is 11.1 Å². The SMILES string of the molecule is Cc1cc(-c2ccc(C=O)c(C(F)(F)F)c2)ccn1. The van der Waals surface area contributed by atoms with E-state index < -0.39 is 11.7 Å². The third-order valence-corrected chi connectivity index (χ3v) is 2.72. The fraction of sp³-hybridized carbons (Fsp3) is 0.143. The average molecular weight is 265 g/mol. The van der Waals surface area contributed by atoms with Crippen LogP contribution in [0, 0.1) is 6.92 Å². The Bertz CT molecular complexity index is 620. The predicted octanol–water partition coefficient (Wildman–Crippen LogP) is 3.89. The Balaban J connectivity index is 2.58. The van der Waals surface area contributed by atoms with Gasteiger partial charge in [0.05, 0.1) is 5.56 Å². The Kier molecular flexibility index (Phi) is 3.38. The number of alkyl halides is 3. The molecule has 1 heterocycles. The molecule has 0 N–H and O–H groups in total. The molecule has 1 aromatic carbocycles. The number of carbonyl (C=O) groups is 1. The molecule has 2 nitrogen and oxygen atoms in total. The van der Waals surface area contributed by atoms with Crippen molar-refractivity contribution >= 4 is 6.29 Å². The maximum atomic E-state index is 12.8. The monoisotopic (exact) mass is 265 g/mol. The Labute approximate surface area is 107 Å². The van der Waals surface area contributed by atoms with Crippen LogP contribution in [0.5, 0.6) is 0 Å². The van der Waals surface area contributed by atoms with E-state index in [-0.39, 0.29) is 11.8 Å². The molecule has 1 aromatic heterocycles. The maximum absolute atomic E-state index is 12.8. The quantitative estimate of drug-likeness (QED) is 0.771. The summed E-state index contributed by atoms with van der Waals surface area (Å²) < 4.78 is 38.5. The normalized spacial score (nSPS) is 11.4. The summed E-state index contributed by atoms with van der Waals surface area (Å²) in [4.78, 5) is 14.7. The number of pyridine rings is 1. The van der Waals surface area contributed by atoms with Crippen LogP contribution in [0.3, 0.4) is 0 Å². The predicted molar refractivity (Wildman–Crippen MR) is 64.8 cm³/mol. The third-order valence-electron chi connectivity index (χ3n) is 2.72. The first kappa shape index (κ1) is 13.3. The van der Waals surface area contributed by atoms with E-state index in [2.05, 4.69) is 4.98 Å². The standard InChI is InChI=1S/C14H10F3NO/c1-9-6-11(4-5-18-9)10-2-3-12(8-19)13(7-10)14(15,16)17/h2-8H,1H3. The van der Waals surface area contributed by atoms with Crippen molar-refractivity contribution in [2.24, 2.45) is 0 Å². The van der Waals surface area contributed by atoms with Crippen LogP contribution in [0.4, 0.5) is 13.2 Å². The summed E-state index contributed by atoms with van der Waals surface area (Å²) in [7, 11) is 0. The van der Waals surface area contributed by atoms with Crippen LogP contribution in [0.15, 0.2) is 36.5 Å². The molecule has 0 saturated heterocycles. The summed E-state index contributed by atoms with van der Waals surface area (Å²) in [5.74, 6) is 0. The molecule has 0 radical (unpaired) electrons. The number of aldehydes is 1. The minimum atomic E-state index is -4.55. The highest BCUT2D eigenvalue weighted by Crippen LogP contribution is 2.34. The first-order chi connectivity index (χ1) is 8.91. The van der Waals surface area contributed by atoms with Gasteiger partial charge in [-0.05, 0) is 36.2 Å². The van der Waals surface area contributed by atoms with Crippen LogP contribution < -0.4 is 0 Å². The zero-order valence-electron chi connectivity index (χ0n) is 10.0. The molecule has 0 spiro atoms. The molecule has 0 unspecified atom stereocenters. The van der Waals surface area contributed by atoms with E-state index in [9.17, 15) is 18.0 Å². The van der Waals surface area contributed by atoms with Crippen LogP contribution in [0.1, 0.15) is 21.6 Å². The van der Waals surface area contributed by atoms with E-state index in [0.717, 1.165) is 6.07 Å². The molecule has 98 valence electrons. The number of hydrogen-bond acceptors (Lipinski definition) is 2. The summed E-state index contributed by atoms with van der Waals surface area (Å²) in [6.45, 7) is 1.76. The Morgan fingerprint density at radius 1 is 1.11 bits per heavy atom. The topological polar surface area (TPSA) is 30.0 Å². The largest absolute Gasteiger partial charge is 0.417 e. The van der Waals surface area contributed by atoms with Crippen molar-refractivity contribution in [1.82, 2.24) is 4.98 Å². The molecule has 0 amide bonds. The zero-order valence-corrected chi connectivity index (χ0v) is 10.0. The van der Waals surface area contributed by atoms with Crippen LogP contribution >= 0.6 is 0 Å². The fourth-order valence-electron chi connectivity index (χ4n) is 1.81. The molecule has 0 aliphatic rings. The lowest BCUT2D eigenvalue weighted by molar-refractivity contribution is -0.137. The Hall–Kier alpha value is -2.17. The van der Waals surface area contributed by atoms with E-state index in [0.29, 0.717) is 16.8 Å². The molecule has 19 heavy (non-hydrogen) atoms. The number of aryl methyl sites for hydroxylation is 1. The van der Waals surface area contributed by atoms with Crippen LogP contribution in [-0.4, -0.2) is 11.3 Å². The minimum Gasteiger partial charge on any atom is -0.298 e. The highest BCUT2D eigenvalue weighted by Gasteiger charge is 2.33. The van der Waals surface area contributed by atoms with Crippen molar-refractivity contribution in [2.45, 2.75) is 13.1 Å². The minimum absolute atomic E-state index is 0.213. The fourth-order valence-corrected chi connectivity index (χ4v) is 1.81. The van der Waals surface area contributed by atoms with Crippen LogP contribution in [-0.2, 0) is 6.18 Å².